The van der Waals surface area contributed by atoms with Crippen LogP contribution in [0, 0.1) is 5.92 Å². The maximum Gasteiger partial charge on any atom is 0.314 e. The minimum absolute atomic E-state index is 0.0773. The third-order valence-electron chi connectivity index (χ3n) is 5.42. The van der Waals surface area contributed by atoms with E-state index in [9.17, 15) is 0 Å². The lowest BCUT2D eigenvalue weighted by Crippen LogP contribution is -2.55. The second-order valence-corrected chi connectivity index (χ2v) is 7.10. The number of hydrogen-bond acceptors (Lipinski definition) is 5. The highest BCUT2D eigenvalue weighted by Crippen LogP contribution is 2.48. The predicted octanol–water partition coefficient (Wildman–Crippen LogP) is 3.19. The van der Waals surface area contributed by atoms with Gasteiger partial charge in [0.25, 0.3) is 0 Å². The molecule has 3 heterocycles. The van der Waals surface area contributed by atoms with Crippen LogP contribution in [-0.2, 0) is 36.3 Å². The van der Waals surface area contributed by atoms with Crippen molar-refractivity contribution in [2.24, 2.45) is 5.92 Å². The van der Waals surface area contributed by atoms with Gasteiger partial charge in [-0.05, 0) is 5.56 Å². The van der Waals surface area contributed by atoms with Gasteiger partial charge < -0.3 is 18.9 Å². The van der Waals surface area contributed by atoms with Gasteiger partial charge in [-0.1, -0.05) is 67.6 Å². The number of ether oxygens (including phenoxy) is 5. The number of rotatable bonds is 4. The van der Waals surface area contributed by atoms with Crippen molar-refractivity contribution in [2.45, 2.75) is 44.1 Å². The van der Waals surface area contributed by atoms with Gasteiger partial charge in [-0.3, -0.25) is 4.74 Å². The summed E-state index contributed by atoms with van der Waals surface area (Å²) in [6, 6.07) is 19.9. The normalized spacial score (nSPS) is 38.3. The smallest absolute Gasteiger partial charge is 0.314 e. The van der Waals surface area contributed by atoms with Gasteiger partial charge in [-0.2, -0.15) is 0 Å². The highest BCUT2D eigenvalue weighted by atomic mass is 17.0. The fraction of sp³-hybridized carbons (Fsp3) is 0.429. The molecule has 3 aliphatic rings. The fourth-order valence-corrected chi connectivity index (χ4v) is 3.94. The van der Waals surface area contributed by atoms with Crippen molar-refractivity contribution in [2.75, 3.05) is 6.61 Å². The molecule has 0 aromatic heterocycles. The highest BCUT2D eigenvalue weighted by Gasteiger charge is 2.61. The molecule has 0 radical (unpaired) electrons. The van der Waals surface area contributed by atoms with Crippen LogP contribution in [0.25, 0.3) is 0 Å². The lowest BCUT2D eigenvalue weighted by atomic mass is 9.90. The van der Waals surface area contributed by atoms with E-state index in [4.69, 9.17) is 23.7 Å². The van der Waals surface area contributed by atoms with Crippen molar-refractivity contribution in [1.82, 2.24) is 0 Å². The zero-order chi connectivity index (χ0) is 17.6. The summed E-state index contributed by atoms with van der Waals surface area (Å²) in [6.07, 6.45) is -1.01. The summed E-state index contributed by atoms with van der Waals surface area (Å²) in [6.45, 7) is 3.07. The summed E-state index contributed by atoms with van der Waals surface area (Å²) in [4.78, 5) is 0. The SMILES string of the molecule is C[C@@H]1C2COC3(c4ccccc4)OC(O2)C(O3)[C@H]1OCc1ccccc1. The standard InChI is InChI=1S/C21H22O5/c1-14-17-13-23-21(16-10-6-3-7-11-16)25-19(20(24-17)26-21)18(14)22-12-15-8-4-2-5-9-15/h2-11,14,17-20H,12-13H2,1H3/t14-,17?,18+,19?,20?,21?/m1/s1. The predicted molar refractivity (Wildman–Crippen MR) is 92.9 cm³/mol. The van der Waals surface area contributed by atoms with Crippen LogP contribution in [0.3, 0.4) is 0 Å². The van der Waals surface area contributed by atoms with E-state index in [1.807, 2.05) is 48.5 Å². The maximum atomic E-state index is 6.30. The Kier molecular flexibility index (Phi) is 4.07. The van der Waals surface area contributed by atoms with E-state index in [2.05, 4.69) is 19.1 Å². The van der Waals surface area contributed by atoms with E-state index < -0.39 is 12.3 Å². The Morgan fingerprint density at radius 1 is 1.00 bits per heavy atom. The summed E-state index contributed by atoms with van der Waals surface area (Å²) in [5.41, 5.74) is 1.98. The molecule has 0 saturated carbocycles. The van der Waals surface area contributed by atoms with Crippen molar-refractivity contribution < 1.29 is 23.7 Å². The van der Waals surface area contributed by atoms with Crippen LogP contribution in [-0.4, -0.2) is 31.2 Å². The molecule has 5 nitrogen and oxygen atoms in total. The Morgan fingerprint density at radius 3 is 2.50 bits per heavy atom. The third kappa shape index (κ3) is 2.68. The van der Waals surface area contributed by atoms with Gasteiger partial charge in [0.2, 0.25) is 0 Å². The quantitative estimate of drug-likeness (QED) is 0.844. The zero-order valence-corrected chi connectivity index (χ0v) is 14.6. The molecular weight excluding hydrogens is 332 g/mol. The van der Waals surface area contributed by atoms with E-state index in [1.54, 1.807) is 0 Å². The Labute approximate surface area is 152 Å². The molecule has 0 aliphatic carbocycles. The Morgan fingerprint density at radius 2 is 1.73 bits per heavy atom. The largest absolute Gasteiger partial charge is 0.370 e. The lowest BCUT2D eigenvalue weighted by Gasteiger charge is -2.42. The monoisotopic (exact) mass is 354 g/mol. The first-order chi connectivity index (χ1) is 12.8. The second-order valence-electron chi connectivity index (χ2n) is 7.10. The number of benzene rings is 2. The van der Waals surface area contributed by atoms with Crippen LogP contribution in [0.1, 0.15) is 18.1 Å². The molecule has 136 valence electrons. The molecule has 3 fully saturated rings. The zero-order valence-electron chi connectivity index (χ0n) is 14.6. The van der Waals surface area contributed by atoms with Gasteiger partial charge in [0.05, 0.1) is 25.4 Å². The summed E-state index contributed by atoms with van der Waals surface area (Å²) >= 11 is 0. The average Bonchev–Trinajstić information content (AvgIpc) is 2.96. The fourth-order valence-electron chi connectivity index (χ4n) is 3.94. The highest BCUT2D eigenvalue weighted by molar-refractivity contribution is 5.20. The molecule has 0 N–H and O–H groups in total. The van der Waals surface area contributed by atoms with E-state index in [0.717, 1.165) is 11.1 Å². The molecule has 2 aromatic carbocycles. The molecule has 0 amide bonds. The van der Waals surface area contributed by atoms with Crippen LogP contribution in [0.5, 0.6) is 0 Å². The van der Waals surface area contributed by atoms with Crippen molar-refractivity contribution in [3.63, 3.8) is 0 Å². The van der Waals surface area contributed by atoms with E-state index in [1.165, 1.54) is 0 Å². The van der Waals surface area contributed by atoms with E-state index in [-0.39, 0.29) is 24.2 Å². The van der Waals surface area contributed by atoms with E-state index in [0.29, 0.717) is 13.2 Å². The van der Waals surface area contributed by atoms with Gasteiger partial charge in [0.15, 0.2) is 6.29 Å². The minimum atomic E-state index is -1.21. The number of fused-ring (bicyclic) bond motifs is 2. The van der Waals surface area contributed by atoms with Gasteiger partial charge in [0, 0.05) is 11.5 Å². The minimum Gasteiger partial charge on any atom is -0.370 e. The second kappa shape index (κ2) is 6.44. The van der Waals surface area contributed by atoms with Crippen molar-refractivity contribution in [3.05, 3.63) is 71.8 Å². The van der Waals surface area contributed by atoms with Crippen molar-refractivity contribution in [1.29, 1.82) is 0 Å². The molecule has 6 atom stereocenters. The summed E-state index contributed by atoms with van der Waals surface area (Å²) in [5, 5.41) is 0. The molecule has 26 heavy (non-hydrogen) atoms. The molecule has 4 unspecified atom stereocenters. The lowest BCUT2D eigenvalue weighted by molar-refractivity contribution is -0.358. The molecule has 5 rings (SSSR count). The molecule has 3 aliphatic heterocycles. The van der Waals surface area contributed by atoms with E-state index >= 15 is 0 Å². The van der Waals surface area contributed by atoms with Gasteiger partial charge in [-0.15, -0.1) is 0 Å². The van der Waals surface area contributed by atoms with Gasteiger partial charge >= 0.3 is 5.97 Å². The third-order valence-corrected chi connectivity index (χ3v) is 5.42. The van der Waals surface area contributed by atoms with Crippen molar-refractivity contribution >= 4 is 0 Å². The molecule has 5 heteroatoms. The van der Waals surface area contributed by atoms with Crippen LogP contribution in [0.2, 0.25) is 0 Å². The average molecular weight is 354 g/mol. The maximum absolute atomic E-state index is 6.30. The number of hydrogen-bond donors (Lipinski definition) is 0. The Hall–Kier alpha value is -1.76. The van der Waals surface area contributed by atoms with Gasteiger partial charge in [-0.25, -0.2) is 0 Å². The van der Waals surface area contributed by atoms with Crippen molar-refractivity contribution in [3.8, 4) is 0 Å². The Balaban J connectivity index is 1.41. The Bertz CT molecular complexity index is 752. The summed E-state index contributed by atoms with van der Waals surface area (Å²) in [5.74, 6) is -1.06. The van der Waals surface area contributed by atoms with Crippen LogP contribution >= 0.6 is 0 Å². The van der Waals surface area contributed by atoms with Gasteiger partial charge in [0.1, 0.15) is 6.10 Å². The summed E-state index contributed by atoms with van der Waals surface area (Å²) < 4.78 is 30.9. The molecule has 0 spiro atoms. The van der Waals surface area contributed by atoms with Crippen LogP contribution in [0.4, 0.5) is 0 Å². The molecular formula is C21H22O5. The molecule has 2 aromatic rings. The molecule has 3 saturated heterocycles. The first kappa shape index (κ1) is 16.4. The first-order valence-corrected chi connectivity index (χ1v) is 9.11. The van der Waals surface area contributed by atoms with Crippen LogP contribution in [0.15, 0.2) is 60.7 Å². The van der Waals surface area contributed by atoms with Crippen LogP contribution < -0.4 is 0 Å². The molecule has 3 bridgehead atoms. The first-order valence-electron chi connectivity index (χ1n) is 9.11. The topological polar surface area (TPSA) is 46.2 Å². The summed E-state index contributed by atoms with van der Waals surface area (Å²) in [7, 11) is 0.